The van der Waals surface area contributed by atoms with Crippen LogP contribution in [-0.4, -0.2) is 93.4 Å². The molecule has 0 spiro atoms. The average molecular weight is 810 g/mol. The Hall–Kier alpha value is -5.74. The van der Waals surface area contributed by atoms with Crippen LogP contribution in [0.3, 0.4) is 0 Å². The van der Waals surface area contributed by atoms with E-state index in [1.807, 2.05) is 24.3 Å². The average Bonchev–Trinajstić information content (AvgIpc) is 3.86. The van der Waals surface area contributed by atoms with Crippen LogP contribution in [0.2, 0.25) is 0 Å². The van der Waals surface area contributed by atoms with Crippen LogP contribution in [0.1, 0.15) is 94.9 Å². The van der Waals surface area contributed by atoms with Crippen LogP contribution in [-0.2, 0) is 22.4 Å². The van der Waals surface area contributed by atoms with E-state index >= 15 is 0 Å². The van der Waals surface area contributed by atoms with Gasteiger partial charge in [0, 0.05) is 32.0 Å². The summed E-state index contributed by atoms with van der Waals surface area (Å²) in [5, 5.41) is 13.6. The third kappa shape index (κ3) is 9.44. The zero-order chi connectivity index (χ0) is 40.9. The van der Waals surface area contributed by atoms with Crippen LogP contribution in [0.15, 0.2) is 67.1 Å². The number of imide groups is 1. The molecule has 3 aliphatic rings. The number of aromatic nitrogens is 5. The minimum Gasteiger partial charge on any atom is -0.457 e. The molecule has 2 fully saturated rings. The van der Waals surface area contributed by atoms with Crippen molar-refractivity contribution >= 4 is 34.9 Å². The predicted octanol–water partition coefficient (Wildman–Crippen LogP) is 6.63. The number of nitrogens with one attached hydrogen (secondary N) is 2. The molecule has 3 aromatic heterocycles. The third-order valence-corrected chi connectivity index (χ3v) is 11.5. The molecule has 5 heterocycles. The number of carbonyl (C=O) groups is 3. The number of amides is 3. The SMILES string of the molecule is CN(CCCCCc1cccc(Oc2cccc3c2C(=O)NC(=O)C3)c1)CC1CCC(n2cc(NC(=O)c3cnn4ccc(N5CCOCC5)nc34)c(C(F)F)n2)CC1. The second kappa shape index (κ2) is 18.0. The first-order valence-electron chi connectivity index (χ1n) is 20.5. The zero-order valence-electron chi connectivity index (χ0n) is 33.1. The van der Waals surface area contributed by atoms with Crippen LogP contribution in [0.25, 0.3) is 5.65 Å². The Morgan fingerprint density at radius 2 is 1.86 bits per heavy atom. The highest BCUT2D eigenvalue weighted by Gasteiger charge is 2.29. The van der Waals surface area contributed by atoms with E-state index in [4.69, 9.17) is 9.47 Å². The smallest absolute Gasteiger partial charge is 0.284 e. The normalized spacial score (nSPS) is 18.4. The standard InChI is InChI=1S/C43H49F2N9O5/c1-51(17-4-2-3-7-28-8-5-10-32(23-28)59-35-11-6-9-30-24-37(55)49-43(57)38(30)35)26-29-12-14-31(15-13-29)54-27-34(39(50-54)40(44)45)47-42(56)33-25-46-53-18-16-36(48-41(33)53)52-19-21-58-22-20-52/h5-6,8-11,16,18,23,25,27,29,31,40H,2-4,7,12-15,17,19-22,24,26H2,1H3,(H,47,56)(H,49,55,57). The van der Waals surface area contributed by atoms with Gasteiger partial charge in [-0.1, -0.05) is 30.7 Å². The Labute approximate surface area is 340 Å². The number of benzene rings is 2. The molecule has 1 aliphatic carbocycles. The van der Waals surface area contributed by atoms with Gasteiger partial charge in [0.15, 0.2) is 11.3 Å². The highest BCUT2D eigenvalue weighted by Crippen LogP contribution is 2.36. The van der Waals surface area contributed by atoms with Crippen LogP contribution < -0.4 is 20.3 Å². The number of alkyl halides is 2. The van der Waals surface area contributed by atoms with Crippen molar-refractivity contribution in [1.29, 1.82) is 0 Å². The van der Waals surface area contributed by atoms with Crippen molar-refractivity contribution in [3.8, 4) is 11.5 Å². The minimum absolute atomic E-state index is 0.00269. The molecule has 0 bridgehead atoms. The van der Waals surface area contributed by atoms with E-state index in [0.29, 0.717) is 66.3 Å². The van der Waals surface area contributed by atoms with Gasteiger partial charge in [0.25, 0.3) is 18.2 Å². The largest absolute Gasteiger partial charge is 0.457 e. The Kier molecular flexibility index (Phi) is 12.2. The first kappa shape index (κ1) is 40.1. The van der Waals surface area contributed by atoms with Gasteiger partial charge in [0.1, 0.15) is 22.9 Å². The topological polar surface area (TPSA) is 148 Å². The molecule has 2 aromatic carbocycles. The summed E-state index contributed by atoms with van der Waals surface area (Å²) in [6.45, 7) is 4.51. The number of nitrogens with zero attached hydrogens (tertiary/aromatic N) is 7. The fraction of sp³-hybridized carbons (Fsp3) is 0.442. The van der Waals surface area contributed by atoms with E-state index in [9.17, 15) is 23.2 Å². The third-order valence-electron chi connectivity index (χ3n) is 11.5. The maximum atomic E-state index is 14.2. The molecule has 2 N–H and O–H groups in total. The number of halogens is 2. The monoisotopic (exact) mass is 809 g/mol. The molecule has 59 heavy (non-hydrogen) atoms. The number of hydrogen-bond donors (Lipinski definition) is 2. The number of fused-ring (bicyclic) bond motifs is 2. The van der Waals surface area contributed by atoms with Gasteiger partial charge in [0.2, 0.25) is 5.91 Å². The predicted molar refractivity (Wildman–Crippen MR) is 216 cm³/mol. The van der Waals surface area contributed by atoms with Crippen LogP contribution in [0.4, 0.5) is 20.3 Å². The van der Waals surface area contributed by atoms with Gasteiger partial charge in [-0.25, -0.2) is 18.3 Å². The van der Waals surface area contributed by atoms with E-state index in [2.05, 4.69) is 48.7 Å². The lowest BCUT2D eigenvalue weighted by molar-refractivity contribution is -0.119. The van der Waals surface area contributed by atoms with Gasteiger partial charge < -0.3 is 24.6 Å². The molecule has 14 nitrogen and oxygen atoms in total. The molecular formula is C43H49F2N9O5. The van der Waals surface area contributed by atoms with E-state index in [0.717, 1.165) is 70.0 Å². The van der Waals surface area contributed by atoms with Crippen molar-refractivity contribution in [2.24, 2.45) is 5.92 Å². The van der Waals surface area contributed by atoms with E-state index in [1.54, 1.807) is 29.1 Å². The fourth-order valence-electron chi connectivity index (χ4n) is 8.40. The van der Waals surface area contributed by atoms with Gasteiger partial charge in [0.05, 0.1) is 43.1 Å². The lowest BCUT2D eigenvalue weighted by atomic mass is 9.86. The Balaban J connectivity index is 0.779. The molecule has 0 radical (unpaired) electrons. The van der Waals surface area contributed by atoms with Gasteiger partial charge in [-0.3, -0.25) is 24.4 Å². The molecule has 16 heteroatoms. The minimum atomic E-state index is -2.85. The number of morpholine rings is 1. The maximum Gasteiger partial charge on any atom is 0.284 e. The van der Waals surface area contributed by atoms with Crippen LogP contribution in [0.5, 0.6) is 11.5 Å². The molecule has 310 valence electrons. The van der Waals surface area contributed by atoms with Crippen molar-refractivity contribution in [1.82, 2.24) is 34.6 Å². The van der Waals surface area contributed by atoms with E-state index < -0.39 is 23.9 Å². The summed E-state index contributed by atoms with van der Waals surface area (Å²) in [5.74, 6) is 0.986. The number of unbranched alkanes of at least 4 members (excludes halogenated alkanes) is 2. The van der Waals surface area contributed by atoms with E-state index in [1.165, 1.54) is 16.9 Å². The highest BCUT2D eigenvalue weighted by atomic mass is 19.3. The van der Waals surface area contributed by atoms with Gasteiger partial charge in [-0.05, 0) is 99.8 Å². The molecule has 2 aliphatic heterocycles. The van der Waals surface area contributed by atoms with Crippen molar-refractivity contribution < 1.29 is 32.6 Å². The highest BCUT2D eigenvalue weighted by molar-refractivity contribution is 6.11. The first-order chi connectivity index (χ1) is 28.7. The number of aryl methyl sites for hydroxylation is 1. The Bertz CT molecular complexity index is 2300. The van der Waals surface area contributed by atoms with Gasteiger partial charge >= 0.3 is 0 Å². The number of hydrogen-bond acceptors (Lipinski definition) is 10. The number of anilines is 2. The lowest BCUT2D eigenvalue weighted by Crippen LogP contribution is -2.37. The number of rotatable bonds is 15. The molecule has 1 saturated carbocycles. The number of ether oxygens (including phenoxy) is 2. The summed E-state index contributed by atoms with van der Waals surface area (Å²) >= 11 is 0. The van der Waals surface area contributed by atoms with Crippen molar-refractivity contribution in [3.05, 3.63) is 95.1 Å². The first-order valence-corrected chi connectivity index (χ1v) is 20.5. The summed E-state index contributed by atoms with van der Waals surface area (Å²) < 4.78 is 43.1. The second-order valence-corrected chi connectivity index (χ2v) is 15.7. The zero-order valence-corrected chi connectivity index (χ0v) is 33.1. The second-order valence-electron chi connectivity index (χ2n) is 15.7. The Morgan fingerprint density at radius 3 is 2.68 bits per heavy atom. The van der Waals surface area contributed by atoms with Crippen molar-refractivity contribution in [2.75, 3.05) is 56.7 Å². The molecule has 1 saturated heterocycles. The van der Waals surface area contributed by atoms with Crippen LogP contribution in [0, 0.1) is 5.92 Å². The molecular weight excluding hydrogens is 761 g/mol. The van der Waals surface area contributed by atoms with Crippen LogP contribution >= 0.6 is 0 Å². The molecule has 0 unspecified atom stereocenters. The van der Waals surface area contributed by atoms with Gasteiger partial charge in [-0.15, -0.1) is 0 Å². The summed E-state index contributed by atoms with van der Waals surface area (Å²) in [5.41, 5.74) is 2.32. The van der Waals surface area contributed by atoms with E-state index in [-0.39, 0.29) is 29.6 Å². The molecule has 8 rings (SSSR count). The quantitative estimate of drug-likeness (QED) is 0.0872. The molecule has 5 aromatic rings. The van der Waals surface area contributed by atoms with Gasteiger partial charge in [-0.2, -0.15) is 10.2 Å². The summed E-state index contributed by atoms with van der Waals surface area (Å²) in [6, 6.07) is 15.0. The fourth-order valence-corrected chi connectivity index (χ4v) is 8.40. The lowest BCUT2D eigenvalue weighted by Gasteiger charge is -2.31. The van der Waals surface area contributed by atoms with Crippen molar-refractivity contribution in [2.45, 2.75) is 70.3 Å². The summed E-state index contributed by atoms with van der Waals surface area (Å²) in [7, 11) is 2.16. The van der Waals surface area contributed by atoms with Crippen molar-refractivity contribution in [3.63, 3.8) is 0 Å². The molecule has 3 amide bonds. The maximum absolute atomic E-state index is 14.2. The summed E-state index contributed by atoms with van der Waals surface area (Å²) in [4.78, 5) is 46.9. The number of carbonyl (C=O) groups excluding carboxylic acids is 3. The molecule has 0 atom stereocenters. The Morgan fingerprint density at radius 1 is 1.05 bits per heavy atom. The summed E-state index contributed by atoms with van der Waals surface area (Å²) in [6.07, 6.45) is 9.64.